The molecule has 1 saturated heterocycles. The SMILES string of the molecule is O=C(CCN1C(=O)CCC1=O)NCC1CCCC1CO. The third kappa shape index (κ3) is 3.56. The molecule has 2 aliphatic rings. The van der Waals surface area contributed by atoms with Crippen LogP contribution in [0.3, 0.4) is 0 Å². The van der Waals surface area contributed by atoms with Gasteiger partial charge in [0.15, 0.2) is 0 Å². The van der Waals surface area contributed by atoms with Crippen LogP contribution in [0.25, 0.3) is 0 Å². The van der Waals surface area contributed by atoms with Crippen LogP contribution in [0.5, 0.6) is 0 Å². The van der Waals surface area contributed by atoms with E-state index in [-0.39, 0.29) is 56.1 Å². The first-order valence-electron chi connectivity index (χ1n) is 7.32. The van der Waals surface area contributed by atoms with Crippen molar-refractivity contribution >= 4 is 17.7 Å². The maximum absolute atomic E-state index is 11.7. The van der Waals surface area contributed by atoms with Crippen molar-refractivity contribution in [2.75, 3.05) is 19.7 Å². The van der Waals surface area contributed by atoms with E-state index < -0.39 is 0 Å². The molecule has 0 aromatic heterocycles. The maximum atomic E-state index is 11.7. The van der Waals surface area contributed by atoms with Crippen LogP contribution in [0.2, 0.25) is 0 Å². The van der Waals surface area contributed by atoms with E-state index in [1.807, 2.05) is 0 Å². The van der Waals surface area contributed by atoms with E-state index in [4.69, 9.17) is 0 Å². The summed E-state index contributed by atoms with van der Waals surface area (Å²) in [4.78, 5) is 35.7. The first kappa shape index (κ1) is 15.0. The Hall–Kier alpha value is -1.43. The largest absolute Gasteiger partial charge is 0.396 e. The standard InChI is InChI=1S/C14H22N2O4/c17-9-11-3-1-2-10(11)8-15-12(18)6-7-16-13(19)4-5-14(16)20/h10-11,17H,1-9H2,(H,15,18). The fraction of sp³-hybridized carbons (Fsp3) is 0.786. The fourth-order valence-corrected chi connectivity index (χ4v) is 3.04. The number of carbonyl (C=O) groups is 3. The summed E-state index contributed by atoms with van der Waals surface area (Å²) >= 11 is 0. The Morgan fingerprint density at radius 3 is 2.50 bits per heavy atom. The van der Waals surface area contributed by atoms with Crippen LogP contribution < -0.4 is 5.32 Å². The minimum absolute atomic E-state index is 0.138. The molecule has 1 saturated carbocycles. The Morgan fingerprint density at radius 2 is 1.85 bits per heavy atom. The van der Waals surface area contributed by atoms with E-state index >= 15 is 0 Å². The third-order valence-corrected chi connectivity index (χ3v) is 4.33. The molecule has 0 spiro atoms. The summed E-state index contributed by atoms with van der Waals surface area (Å²) in [6, 6.07) is 0. The fourth-order valence-electron chi connectivity index (χ4n) is 3.04. The molecule has 0 aromatic rings. The number of carbonyl (C=O) groups excluding carboxylic acids is 3. The van der Waals surface area contributed by atoms with Crippen LogP contribution in [-0.4, -0.2) is 47.4 Å². The lowest BCUT2D eigenvalue weighted by molar-refractivity contribution is -0.138. The molecule has 6 heteroatoms. The Bertz CT molecular complexity index is 381. The average molecular weight is 282 g/mol. The Morgan fingerprint density at radius 1 is 1.20 bits per heavy atom. The quantitative estimate of drug-likeness (QED) is 0.674. The number of aliphatic hydroxyl groups excluding tert-OH is 1. The van der Waals surface area contributed by atoms with Gasteiger partial charge >= 0.3 is 0 Å². The van der Waals surface area contributed by atoms with Gasteiger partial charge in [-0.3, -0.25) is 19.3 Å². The molecule has 1 aliphatic carbocycles. The summed E-state index contributed by atoms with van der Waals surface area (Å²) in [5, 5.41) is 12.1. The van der Waals surface area contributed by atoms with Gasteiger partial charge < -0.3 is 10.4 Å². The molecule has 3 amide bonds. The average Bonchev–Trinajstić information content (AvgIpc) is 3.01. The van der Waals surface area contributed by atoms with Crippen LogP contribution >= 0.6 is 0 Å². The molecule has 1 heterocycles. The molecule has 112 valence electrons. The van der Waals surface area contributed by atoms with Crippen LogP contribution in [0, 0.1) is 11.8 Å². The molecule has 0 aromatic carbocycles. The zero-order valence-corrected chi connectivity index (χ0v) is 11.6. The second-order valence-corrected chi connectivity index (χ2v) is 5.63. The van der Waals surface area contributed by atoms with E-state index in [0.717, 1.165) is 19.3 Å². The number of nitrogens with zero attached hydrogens (tertiary/aromatic N) is 1. The van der Waals surface area contributed by atoms with E-state index in [1.54, 1.807) is 0 Å². The van der Waals surface area contributed by atoms with Crippen molar-refractivity contribution in [3.63, 3.8) is 0 Å². The second kappa shape index (κ2) is 6.83. The van der Waals surface area contributed by atoms with Gasteiger partial charge in [0, 0.05) is 39.0 Å². The van der Waals surface area contributed by atoms with Gasteiger partial charge in [-0.2, -0.15) is 0 Å². The summed E-state index contributed by atoms with van der Waals surface area (Å²) in [6.45, 7) is 0.931. The minimum Gasteiger partial charge on any atom is -0.396 e. The Labute approximate surface area is 118 Å². The number of nitrogens with one attached hydrogen (secondary N) is 1. The van der Waals surface area contributed by atoms with E-state index in [1.165, 1.54) is 4.90 Å². The van der Waals surface area contributed by atoms with Gasteiger partial charge in [0.2, 0.25) is 17.7 Å². The predicted molar refractivity (Wildman–Crippen MR) is 71.5 cm³/mol. The Kier molecular flexibility index (Phi) is 5.11. The summed E-state index contributed by atoms with van der Waals surface area (Å²) in [5.41, 5.74) is 0. The summed E-state index contributed by atoms with van der Waals surface area (Å²) < 4.78 is 0. The minimum atomic E-state index is -0.182. The molecule has 2 N–H and O–H groups in total. The molecule has 20 heavy (non-hydrogen) atoms. The molecule has 1 aliphatic heterocycles. The first-order chi connectivity index (χ1) is 9.61. The summed E-state index contributed by atoms with van der Waals surface area (Å²) in [7, 11) is 0. The molecular formula is C14H22N2O4. The highest BCUT2D eigenvalue weighted by atomic mass is 16.3. The monoisotopic (exact) mass is 282 g/mol. The molecule has 2 atom stereocenters. The van der Waals surface area contributed by atoms with Crippen LogP contribution in [0.15, 0.2) is 0 Å². The van der Waals surface area contributed by atoms with Gasteiger partial charge in [0.25, 0.3) is 0 Å². The van der Waals surface area contributed by atoms with Crippen molar-refractivity contribution in [3.05, 3.63) is 0 Å². The molecule has 0 bridgehead atoms. The zero-order chi connectivity index (χ0) is 14.5. The highest BCUT2D eigenvalue weighted by Crippen LogP contribution is 2.30. The highest BCUT2D eigenvalue weighted by molar-refractivity contribution is 6.02. The molecule has 6 nitrogen and oxygen atoms in total. The smallest absolute Gasteiger partial charge is 0.229 e. The number of hydrogen-bond acceptors (Lipinski definition) is 4. The number of amides is 3. The maximum Gasteiger partial charge on any atom is 0.229 e. The van der Waals surface area contributed by atoms with Crippen molar-refractivity contribution in [1.29, 1.82) is 0 Å². The topological polar surface area (TPSA) is 86.7 Å². The second-order valence-electron chi connectivity index (χ2n) is 5.63. The number of rotatable bonds is 6. The number of aliphatic hydroxyl groups is 1. The lowest BCUT2D eigenvalue weighted by Gasteiger charge is -2.18. The van der Waals surface area contributed by atoms with E-state index in [9.17, 15) is 19.5 Å². The zero-order valence-electron chi connectivity index (χ0n) is 11.6. The van der Waals surface area contributed by atoms with Crippen LogP contribution in [0.1, 0.15) is 38.5 Å². The number of hydrogen-bond donors (Lipinski definition) is 2. The molecule has 2 rings (SSSR count). The number of imide groups is 1. The van der Waals surface area contributed by atoms with Crippen molar-refractivity contribution in [2.45, 2.75) is 38.5 Å². The summed E-state index contributed by atoms with van der Waals surface area (Å²) in [5.74, 6) is 0.134. The summed E-state index contributed by atoms with van der Waals surface area (Å²) in [6.07, 6.45) is 3.85. The van der Waals surface area contributed by atoms with Crippen LogP contribution in [-0.2, 0) is 14.4 Å². The third-order valence-electron chi connectivity index (χ3n) is 4.33. The predicted octanol–water partition coefficient (Wildman–Crippen LogP) is 0.0503. The van der Waals surface area contributed by atoms with Gasteiger partial charge in [0.05, 0.1) is 0 Å². The Balaban J connectivity index is 1.68. The van der Waals surface area contributed by atoms with Gasteiger partial charge in [-0.1, -0.05) is 6.42 Å². The molecular weight excluding hydrogens is 260 g/mol. The van der Waals surface area contributed by atoms with E-state index in [2.05, 4.69) is 5.32 Å². The van der Waals surface area contributed by atoms with Crippen molar-refractivity contribution < 1.29 is 19.5 Å². The van der Waals surface area contributed by atoms with Gasteiger partial charge in [-0.25, -0.2) is 0 Å². The van der Waals surface area contributed by atoms with E-state index in [0.29, 0.717) is 12.5 Å². The molecule has 2 unspecified atom stereocenters. The van der Waals surface area contributed by atoms with Crippen molar-refractivity contribution in [3.8, 4) is 0 Å². The highest BCUT2D eigenvalue weighted by Gasteiger charge is 2.29. The normalized spacial score (nSPS) is 26.4. The molecule has 0 radical (unpaired) electrons. The van der Waals surface area contributed by atoms with Gasteiger partial charge in [-0.15, -0.1) is 0 Å². The first-order valence-corrected chi connectivity index (χ1v) is 7.32. The van der Waals surface area contributed by atoms with Gasteiger partial charge in [0.1, 0.15) is 0 Å². The lowest BCUT2D eigenvalue weighted by atomic mass is 9.97. The van der Waals surface area contributed by atoms with Gasteiger partial charge in [-0.05, 0) is 24.7 Å². The molecule has 2 fully saturated rings. The van der Waals surface area contributed by atoms with Crippen molar-refractivity contribution in [1.82, 2.24) is 10.2 Å². The van der Waals surface area contributed by atoms with Crippen LogP contribution in [0.4, 0.5) is 0 Å². The lowest BCUT2D eigenvalue weighted by Crippen LogP contribution is -2.36. The number of likely N-dealkylation sites (tertiary alicyclic amines) is 1. The van der Waals surface area contributed by atoms with Crippen molar-refractivity contribution in [2.24, 2.45) is 11.8 Å².